The molecule has 0 spiro atoms. The number of hydrogen-bond acceptors (Lipinski definition) is 9. The van der Waals surface area contributed by atoms with Crippen molar-refractivity contribution in [3.63, 3.8) is 0 Å². The molecular weight excluding hydrogens is 673 g/mol. The number of furan rings is 1. The maximum Gasteiger partial charge on any atom is 0.326 e. The highest BCUT2D eigenvalue weighted by atomic mass is 79.9. The molecule has 5 atom stereocenters. The number of alkyl halides is 1. The van der Waals surface area contributed by atoms with Crippen molar-refractivity contribution >= 4 is 55.7 Å². The molecule has 0 saturated carbocycles. The first-order valence-corrected chi connectivity index (χ1v) is 17.0. The molecule has 0 radical (unpaired) electrons. The second-order valence-electron chi connectivity index (χ2n) is 12.9. The molecule has 47 heavy (non-hydrogen) atoms. The smallest absolute Gasteiger partial charge is 0.326 e. The van der Waals surface area contributed by atoms with Crippen molar-refractivity contribution in [1.82, 2.24) is 19.9 Å². The van der Waals surface area contributed by atoms with E-state index in [-0.39, 0.29) is 55.7 Å². The van der Waals surface area contributed by atoms with E-state index in [1.54, 1.807) is 29.0 Å². The molecular formula is C34H37BrFN5O6. The maximum atomic E-state index is 17.1. The number of aromatic nitrogens is 3. The van der Waals surface area contributed by atoms with Gasteiger partial charge in [0.25, 0.3) is 0 Å². The summed E-state index contributed by atoms with van der Waals surface area (Å²) in [5.41, 5.74) is 0.103. The Morgan fingerprint density at radius 2 is 2.00 bits per heavy atom. The predicted molar refractivity (Wildman–Crippen MR) is 175 cm³/mol. The lowest BCUT2D eigenvalue weighted by Crippen LogP contribution is -2.50. The number of rotatable bonds is 1. The van der Waals surface area contributed by atoms with Gasteiger partial charge in [-0.25, -0.2) is 24.1 Å². The van der Waals surface area contributed by atoms with Crippen molar-refractivity contribution in [1.29, 1.82) is 0 Å². The fourth-order valence-electron chi connectivity index (χ4n) is 7.10. The number of fused-ring (bicyclic) bond motifs is 12. The number of ether oxygens (including phenoxy) is 2. The lowest BCUT2D eigenvalue weighted by atomic mass is 9.78. The molecule has 4 aromatic rings. The predicted octanol–water partition coefficient (Wildman–Crippen LogP) is 5.67. The number of hydrogen-bond donors (Lipinski definition) is 1. The van der Waals surface area contributed by atoms with Crippen LogP contribution in [0.2, 0.25) is 0 Å². The number of piperidine rings is 1. The molecule has 4 aliphatic rings. The first kappa shape index (κ1) is 31.7. The summed E-state index contributed by atoms with van der Waals surface area (Å²) in [6.45, 7) is 5.24. The Kier molecular flexibility index (Phi) is 8.54. The normalized spacial score (nSPS) is 27.4. The van der Waals surface area contributed by atoms with E-state index in [2.05, 4.69) is 20.9 Å². The Morgan fingerprint density at radius 3 is 2.81 bits per heavy atom. The van der Waals surface area contributed by atoms with Gasteiger partial charge in [-0.05, 0) is 47.0 Å². The standard InChI is InChI=1S/C34H37BrFN5O6/c1-19-9-13-45-12-5-8-27-38-28-23-6-3-4-7-26(23)47-29(28)30(39-27)41-18-22(15-25(41)33(43)44)46-31-24(14-21(35)16-37-31)34(36)10-11-40(32(19)42)17-20(34)2/h3-4,6-7,14,16,19-20,22,25H,5,8-13,15,17-18H2,1-2H3,(H,43,44)/t19-,20-,22-,25-,34+/m0/s1. The van der Waals surface area contributed by atoms with Gasteiger partial charge in [-0.15, -0.1) is 0 Å². The summed E-state index contributed by atoms with van der Waals surface area (Å²) in [5, 5.41) is 11.2. The number of carboxylic acids is 1. The minimum Gasteiger partial charge on any atom is -0.480 e. The van der Waals surface area contributed by atoms with E-state index in [4.69, 9.17) is 23.9 Å². The van der Waals surface area contributed by atoms with E-state index in [1.807, 2.05) is 31.2 Å². The summed E-state index contributed by atoms with van der Waals surface area (Å²) in [6, 6.07) is 8.24. The number of aryl methyl sites for hydroxylation is 1. The van der Waals surface area contributed by atoms with Crippen LogP contribution in [0.3, 0.4) is 0 Å². The molecule has 1 N–H and O–H groups in total. The molecule has 2 fully saturated rings. The van der Waals surface area contributed by atoms with E-state index in [9.17, 15) is 14.7 Å². The third-order valence-electron chi connectivity index (χ3n) is 9.75. The van der Waals surface area contributed by atoms with Crippen molar-refractivity contribution < 1.29 is 33.0 Å². The molecule has 1 aromatic carbocycles. The first-order chi connectivity index (χ1) is 22.6. The van der Waals surface area contributed by atoms with Crippen LogP contribution >= 0.6 is 15.9 Å². The van der Waals surface area contributed by atoms with Crippen LogP contribution in [0.25, 0.3) is 22.1 Å². The Morgan fingerprint density at radius 1 is 1.17 bits per heavy atom. The molecule has 7 heterocycles. The van der Waals surface area contributed by atoms with Crippen LogP contribution in [-0.4, -0.2) is 81.8 Å². The second-order valence-corrected chi connectivity index (χ2v) is 13.8. The van der Waals surface area contributed by atoms with Gasteiger partial charge >= 0.3 is 5.97 Å². The number of amides is 1. The van der Waals surface area contributed by atoms with Gasteiger partial charge < -0.3 is 28.8 Å². The molecule has 3 aromatic heterocycles. The highest BCUT2D eigenvalue weighted by Gasteiger charge is 2.47. The average molecular weight is 711 g/mol. The summed E-state index contributed by atoms with van der Waals surface area (Å²) in [7, 11) is 0. The SMILES string of the molecule is C[C@H]1CCOCCCc2nc(c3oc4ccccc4c3n2)N2C[C@H](C[C@H]2C(=O)O)Oc2ncc(Br)cc2[C@@]2(F)CCN(C[C@@H]2C)C1=O. The number of halogens is 2. The number of benzene rings is 1. The molecule has 248 valence electrons. The van der Waals surface area contributed by atoms with Gasteiger partial charge in [0.05, 0.1) is 12.1 Å². The van der Waals surface area contributed by atoms with Gasteiger partial charge in [-0.3, -0.25) is 4.79 Å². The number of pyridine rings is 1. The maximum absolute atomic E-state index is 17.1. The quantitative estimate of drug-likeness (QED) is 0.264. The Bertz CT molecular complexity index is 1840. The second kappa shape index (κ2) is 12.6. The topological polar surface area (TPSA) is 131 Å². The Labute approximate surface area is 279 Å². The lowest BCUT2D eigenvalue weighted by Gasteiger charge is -2.42. The van der Waals surface area contributed by atoms with Crippen molar-refractivity contribution in [3.8, 4) is 5.88 Å². The molecule has 6 bridgehead atoms. The van der Waals surface area contributed by atoms with E-state index >= 15 is 4.39 Å². The van der Waals surface area contributed by atoms with Gasteiger partial charge in [0.15, 0.2) is 11.4 Å². The van der Waals surface area contributed by atoms with Gasteiger partial charge in [-0.2, -0.15) is 0 Å². The van der Waals surface area contributed by atoms with Crippen LogP contribution in [0, 0.1) is 11.8 Å². The first-order valence-electron chi connectivity index (χ1n) is 16.2. The van der Waals surface area contributed by atoms with Gasteiger partial charge in [0, 0.05) is 73.5 Å². The highest BCUT2D eigenvalue weighted by Crippen LogP contribution is 2.46. The number of anilines is 1. The molecule has 2 saturated heterocycles. The van der Waals surface area contributed by atoms with Crippen molar-refractivity contribution in [2.45, 2.75) is 63.8 Å². The van der Waals surface area contributed by atoms with Crippen LogP contribution < -0.4 is 9.64 Å². The van der Waals surface area contributed by atoms with E-state index in [0.717, 1.165) is 5.39 Å². The van der Waals surface area contributed by atoms with Gasteiger partial charge in [-0.1, -0.05) is 26.0 Å². The highest BCUT2D eigenvalue weighted by molar-refractivity contribution is 9.10. The Balaban J connectivity index is 1.30. The third-order valence-corrected chi connectivity index (χ3v) is 10.2. The van der Waals surface area contributed by atoms with Crippen molar-refractivity contribution in [2.75, 3.05) is 37.7 Å². The molecule has 0 aliphatic carbocycles. The fourth-order valence-corrected chi connectivity index (χ4v) is 7.43. The molecule has 4 aliphatic heterocycles. The van der Waals surface area contributed by atoms with Crippen LogP contribution in [-0.2, 0) is 26.4 Å². The van der Waals surface area contributed by atoms with Crippen molar-refractivity contribution in [2.24, 2.45) is 11.8 Å². The summed E-state index contributed by atoms with van der Waals surface area (Å²) < 4.78 is 36.3. The van der Waals surface area contributed by atoms with Crippen LogP contribution in [0.5, 0.6) is 5.88 Å². The zero-order chi connectivity index (χ0) is 32.9. The minimum absolute atomic E-state index is 0.00966. The number of aliphatic carboxylic acids is 1. The average Bonchev–Trinajstić information content (AvgIpc) is 3.65. The third kappa shape index (κ3) is 5.92. The summed E-state index contributed by atoms with van der Waals surface area (Å²) in [4.78, 5) is 43.6. The van der Waals surface area contributed by atoms with E-state index < -0.39 is 29.7 Å². The lowest BCUT2D eigenvalue weighted by molar-refractivity contribution is -0.141. The number of carbonyl (C=O) groups excluding carboxylic acids is 1. The van der Waals surface area contributed by atoms with Gasteiger partial charge in [0.2, 0.25) is 11.8 Å². The van der Waals surface area contributed by atoms with Crippen LogP contribution in [0.1, 0.15) is 50.9 Å². The summed E-state index contributed by atoms with van der Waals surface area (Å²) in [5.74, 6) is -0.801. The molecule has 11 nitrogen and oxygen atoms in total. The zero-order valence-corrected chi connectivity index (χ0v) is 27.9. The summed E-state index contributed by atoms with van der Waals surface area (Å²) >= 11 is 3.45. The zero-order valence-electron chi connectivity index (χ0n) is 26.3. The number of nitrogens with zero attached hydrogens (tertiary/aromatic N) is 5. The minimum atomic E-state index is -1.82. The molecule has 8 rings (SSSR count). The number of carboxylic acid groups (broad SMARTS) is 1. The number of carbonyl (C=O) groups is 2. The van der Waals surface area contributed by atoms with E-state index in [1.165, 1.54) is 0 Å². The van der Waals surface area contributed by atoms with Crippen LogP contribution in [0.15, 0.2) is 45.4 Å². The Hall–Kier alpha value is -3.84. The summed E-state index contributed by atoms with van der Waals surface area (Å²) in [6.07, 6.45) is 2.81. The number of para-hydroxylation sites is 1. The van der Waals surface area contributed by atoms with Gasteiger partial charge in [0.1, 0.15) is 34.7 Å². The molecule has 13 heteroatoms. The van der Waals surface area contributed by atoms with E-state index in [0.29, 0.717) is 65.3 Å². The van der Waals surface area contributed by atoms with Crippen molar-refractivity contribution in [3.05, 3.63) is 52.4 Å². The molecule has 1 amide bonds. The molecule has 0 unspecified atom stereocenters. The largest absolute Gasteiger partial charge is 0.480 e. The fraction of sp³-hybridized carbons (Fsp3) is 0.500. The van der Waals surface area contributed by atoms with Crippen LogP contribution in [0.4, 0.5) is 10.2 Å². The monoisotopic (exact) mass is 709 g/mol.